The van der Waals surface area contributed by atoms with Gasteiger partial charge in [0.15, 0.2) is 0 Å². The first-order chi connectivity index (χ1) is 7.85. The minimum atomic E-state index is -0.281. The van der Waals surface area contributed by atoms with Gasteiger partial charge in [-0.1, -0.05) is 18.2 Å². The summed E-state index contributed by atoms with van der Waals surface area (Å²) in [5.41, 5.74) is 1.08. The largest absolute Gasteiger partial charge is 0.347 e. The van der Waals surface area contributed by atoms with Gasteiger partial charge in [0.2, 0.25) is 0 Å². The van der Waals surface area contributed by atoms with Crippen molar-refractivity contribution in [2.24, 2.45) is 0 Å². The van der Waals surface area contributed by atoms with E-state index in [9.17, 15) is 4.79 Å². The van der Waals surface area contributed by atoms with Gasteiger partial charge in [-0.05, 0) is 39.3 Å². The van der Waals surface area contributed by atoms with Crippen LogP contribution in [0.25, 0.3) is 0 Å². The molecule has 0 aliphatic heterocycles. The summed E-state index contributed by atoms with van der Waals surface area (Å²) in [5, 5.41) is 11.9. The molecule has 3 nitrogen and oxygen atoms in total. The molecule has 0 heterocycles. The second-order valence-electron chi connectivity index (χ2n) is 5.14. The average Bonchev–Trinajstić information content (AvgIpc) is 2.25. The smallest absolute Gasteiger partial charge is 0.252 e. The molecule has 0 fully saturated rings. The van der Waals surface area contributed by atoms with E-state index in [0.717, 1.165) is 5.56 Å². The predicted molar refractivity (Wildman–Crippen MR) is 67.7 cm³/mol. The zero-order valence-corrected chi connectivity index (χ0v) is 10.7. The standard InChI is InChI=1S/C14H18N2O/c1-10(9-15)11-7-5-6-8-12(11)13(17)16-14(2,3)4/h5-8,10H,1-4H3,(H,16,17)/t10-/m1/s1. The highest BCUT2D eigenvalue weighted by Gasteiger charge is 2.19. The average molecular weight is 230 g/mol. The van der Waals surface area contributed by atoms with Crippen LogP contribution in [0.3, 0.4) is 0 Å². The number of benzene rings is 1. The van der Waals surface area contributed by atoms with Crippen LogP contribution in [-0.4, -0.2) is 11.4 Å². The molecular weight excluding hydrogens is 212 g/mol. The van der Waals surface area contributed by atoms with Crippen LogP contribution in [0.5, 0.6) is 0 Å². The Bertz CT molecular complexity index is 452. The van der Waals surface area contributed by atoms with Gasteiger partial charge in [-0.3, -0.25) is 4.79 Å². The Labute approximate surface area is 102 Å². The topological polar surface area (TPSA) is 52.9 Å². The summed E-state index contributed by atoms with van der Waals surface area (Å²) < 4.78 is 0. The van der Waals surface area contributed by atoms with Gasteiger partial charge in [-0.25, -0.2) is 0 Å². The molecule has 0 radical (unpaired) electrons. The number of carbonyl (C=O) groups excluding carboxylic acids is 1. The summed E-state index contributed by atoms with van der Waals surface area (Å²) in [5.74, 6) is -0.410. The lowest BCUT2D eigenvalue weighted by atomic mass is 9.95. The van der Waals surface area contributed by atoms with Crippen LogP contribution in [0.4, 0.5) is 0 Å². The third-order valence-electron chi connectivity index (χ3n) is 2.35. The highest BCUT2D eigenvalue weighted by molar-refractivity contribution is 5.96. The molecule has 1 amide bonds. The van der Waals surface area contributed by atoms with Gasteiger partial charge in [0.1, 0.15) is 0 Å². The van der Waals surface area contributed by atoms with Crippen molar-refractivity contribution in [3.8, 4) is 6.07 Å². The van der Waals surface area contributed by atoms with Gasteiger partial charge in [-0.2, -0.15) is 5.26 Å². The molecule has 0 saturated heterocycles. The Balaban J connectivity index is 3.06. The number of nitrogens with zero attached hydrogens (tertiary/aromatic N) is 1. The minimum Gasteiger partial charge on any atom is -0.347 e. The first-order valence-corrected chi connectivity index (χ1v) is 5.66. The number of hydrogen-bond acceptors (Lipinski definition) is 2. The van der Waals surface area contributed by atoms with E-state index in [0.29, 0.717) is 5.56 Å². The molecule has 0 unspecified atom stereocenters. The Morgan fingerprint density at radius 3 is 2.47 bits per heavy atom. The Hall–Kier alpha value is -1.82. The molecule has 3 heteroatoms. The number of rotatable bonds is 2. The molecule has 1 N–H and O–H groups in total. The van der Waals surface area contributed by atoms with E-state index in [4.69, 9.17) is 5.26 Å². The van der Waals surface area contributed by atoms with E-state index in [2.05, 4.69) is 11.4 Å². The maximum absolute atomic E-state index is 12.1. The summed E-state index contributed by atoms with van der Waals surface area (Å²) >= 11 is 0. The molecule has 1 aromatic carbocycles. The monoisotopic (exact) mass is 230 g/mol. The molecule has 90 valence electrons. The maximum atomic E-state index is 12.1. The molecule has 0 aliphatic carbocycles. The van der Waals surface area contributed by atoms with E-state index in [1.165, 1.54) is 0 Å². The highest BCUT2D eigenvalue weighted by atomic mass is 16.1. The molecule has 17 heavy (non-hydrogen) atoms. The Kier molecular flexibility index (Phi) is 3.90. The molecular formula is C14H18N2O. The van der Waals surface area contributed by atoms with Gasteiger partial charge < -0.3 is 5.32 Å². The second kappa shape index (κ2) is 5.01. The minimum absolute atomic E-state index is 0.129. The number of nitriles is 1. The Morgan fingerprint density at radius 1 is 1.35 bits per heavy atom. The molecule has 0 saturated carbocycles. The van der Waals surface area contributed by atoms with E-state index < -0.39 is 0 Å². The lowest BCUT2D eigenvalue weighted by Gasteiger charge is -2.21. The summed E-state index contributed by atoms with van der Waals surface area (Å²) in [6, 6.07) is 9.39. The first-order valence-electron chi connectivity index (χ1n) is 5.66. The van der Waals surface area contributed by atoms with Crippen molar-refractivity contribution < 1.29 is 4.79 Å². The summed E-state index contributed by atoms with van der Waals surface area (Å²) in [6.45, 7) is 7.59. The quantitative estimate of drug-likeness (QED) is 0.849. The van der Waals surface area contributed by atoms with Crippen molar-refractivity contribution in [3.05, 3.63) is 35.4 Å². The molecule has 1 atom stereocenters. The van der Waals surface area contributed by atoms with E-state index in [-0.39, 0.29) is 17.4 Å². The zero-order chi connectivity index (χ0) is 13.1. The van der Waals surface area contributed by atoms with Gasteiger partial charge >= 0.3 is 0 Å². The highest BCUT2D eigenvalue weighted by Crippen LogP contribution is 2.19. The number of nitrogens with one attached hydrogen (secondary N) is 1. The zero-order valence-electron chi connectivity index (χ0n) is 10.7. The molecule has 0 aliphatic rings. The fraction of sp³-hybridized carbons (Fsp3) is 0.429. The van der Waals surface area contributed by atoms with Crippen molar-refractivity contribution in [1.29, 1.82) is 5.26 Å². The number of amides is 1. The van der Waals surface area contributed by atoms with Crippen LogP contribution in [0.2, 0.25) is 0 Å². The molecule has 0 bridgehead atoms. The molecule has 0 aromatic heterocycles. The lowest BCUT2D eigenvalue weighted by Crippen LogP contribution is -2.41. The van der Waals surface area contributed by atoms with Crippen molar-refractivity contribution in [2.75, 3.05) is 0 Å². The molecule has 0 spiro atoms. The third-order valence-corrected chi connectivity index (χ3v) is 2.35. The number of carbonyl (C=O) groups is 1. The van der Waals surface area contributed by atoms with Gasteiger partial charge in [-0.15, -0.1) is 0 Å². The van der Waals surface area contributed by atoms with Crippen molar-refractivity contribution in [2.45, 2.75) is 39.2 Å². The lowest BCUT2D eigenvalue weighted by molar-refractivity contribution is 0.0918. The predicted octanol–water partition coefficient (Wildman–Crippen LogP) is 2.84. The summed E-state index contributed by atoms with van der Waals surface area (Å²) in [4.78, 5) is 12.1. The fourth-order valence-electron chi connectivity index (χ4n) is 1.56. The van der Waals surface area contributed by atoms with Gasteiger partial charge in [0, 0.05) is 11.1 Å². The van der Waals surface area contributed by atoms with Crippen LogP contribution in [0.1, 0.15) is 49.5 Å². The Morgan fingerprint density at radius 2 is 1.94 bits per heavy atom. The van der Waals surface area contributed by atoms with Crippen molar-refractivity contribution in [1.82, 2.24) is 5.32 Å². The van der Waals surface area contributed by atoms with Crippen LogP contribution < -0.4 is 5.32 Å². The normalized spacial score (nSPS) is 12.6. The van der Waals surface area contributed by atoms with E-state index in [1.54, 1.807) is 13.0 Å². The number of hydrogen-bond donors (Lipinski definition) is 1. The van der Waals surface area contributed by atoms with Gasteiger partial charge in [0.05, 0.1) is 12.0 Å². The van der Waals surface area contributed by atoms with E-state index in [1.807, 2.05) is 39.0 Å². The van der Waals surface area contributed by atoms with Crippen LogP contribution in [-0.2, 0) is 0 Å². The summed E-state index contributed by atoms with van der Waals surface area (Å²) in [7, 11) is 0. The molecule has 1 aromatic rings. The molecule has 1 rings (SSSR count). The summed E-state index contributed by atoms with van der Waals surface area (Å²) in [6.07, 6.45) is 0. The SMILES string of the molecule is C[C@H](C#N)c1ccccc1C(=O)NC(C)(C)C. The van der Waals surface area contributed by atoms with Gasteiger partial charge in [0.25, 0.3) is 5.91 Å². The van der Waals surface area contributed by atoms with E-state index >= 15 is 0 Å². The van der Waals surface area contributed by atoms with Crippen LogP contribution >= 0.6 is 0 Å². The maximum Gasteiger partial charge on any atom is 0.252 e. The van der Waals surface area contributed by atoms with Crippen LogP contribution in [0.15, 0.2) is 24.3 Å². The van der Waals surface area contributed by atoms with Crippen molar-refractivity contribution in [3.63, 3.8) is 0 Å². The second-order valence-corrected chi connectivity index (χ2v) is 5.14. The fourth-order valence-corrected chi connectivity index (χ4v) is 1.56. The first kappa shape index (κ1) is 13.2. The third kappa shape index (κ3) is 3.60. The van der Waals surface area contributed by atoms with Crippen LogP contribution in [0, 0.1) is 11.3 Å². The van der Waals surface area contributed by atoms with Crippen molar-refractivity contribution >= 4 is 5.91 Å².